The van der Waals surface area contributed by atoms with Crippen LogP contribution in [0.1, 0.15) is 12.5 Å². The fourth-order valence-electron chi connectivity index (χ4n) is 2.78. The average molecular weight is 263 g/mol. The Hall–Kier alpha value is -1.13. The van der Waals surface area contributed by atoms with Gasteiger partial charge in [0.2, 0.25) is 0 Å². The van der Waals surface area contributed by atoms with Crippen molar-refractivity contribution in [2.24, 2.45) is 11.7 Å². The van der Waals surface area contributed by atoms with Crippen LogP contribution in [0.15, 0.2) is 24.3 Å². The maximum Gasteiger partial charge on any atom is 0.106 e. The minimum atomic E-state index is 0.478. The van der Waals surface area contributed by atoms with E-state index in [1.54, 1.807) is 0 Å². The molecule has 1 aliphatic heterocycles. The van der Waals surface area contributed by atoms with Crippen LogP contribution in [-0.4, -0.2) is 43.1 Å². The Labute approximate surface area is 115 Å². The monoisotopic (exact) mass is 263 g/mol. The maximum absolute atomic E-state index is 5.81. The van der Waals surface area contributed by atoms with E-state index in [4.69, 9.17) is 18.0 Å². The molecular weight excluding hydrogens is 242 g/mol. The van der Waals surface area contributed by atoms with Crippen molar-refractivity contribution < 1.29 is 0 Å². The second-order valence-electron chi connectivity index (χ2n) is 5.29. The van der Waals surface area contributed by atoms with Crippen LogP contribution < -0.4 is 10.6 Å². The van der Waals surface area contributed by atoms with Crippen LogP contribution in [0.5, 0.6) is 0 Å². The van der Waals surface area contributed by atoms with Crippen LogP contribution in [0.3, 0.4) is 0 Å². The zero-order valence-corrected chi connectivity index (χ0v) is 12.1. The van der Waals surface area contributed by atoms with Crippen LogP contribution >= 0.6 is 12.2 Å². The van der Waals surface area contributed by atoms with Crippen LogP contribution in [0.25, 0.3) is 0 Å². The normalized spacial score (nSPS) is 23.7. The lowest BCUT2D eigenvalue weighted by atomic mass is 10.1. The van der Waals surface area contributed by atoms with Crippen LogP contribution in [0, 0.1) is 5.92 Å². The maximum atomic E-state index is 5.81. The molecule has 0 aliphatic carbocycles. The third-order valence-corrected chi connectivity index (χ3v) is 3.97. The molecule has 0 saturated carbocycles. The van der Waals surface area contributed by atoms with Crippen molar-refractivity contribution in [1.82, 2.24) is 4.90 Å². The van der Waals surface area contributed by atoms with Crippen molar-refractivity contribution in [2.45, 2.75) is 13.0 Å². The van der Waals surface area contributed by atoms with Gasteiger partial charge in [-0.1, -0.05) is 31.3 Å². The molecule has 2 unspecified atom stereocenters. The number of likely N-dealkylation sites (N-methyl/N-ethyl adjacent to an activating group) is 1. The van der Waals surface area contributed by atoms with Gasteiger partial charge in [0.15, 0.2) is 0 Å². The van der Waals surface area contributed by atoms with Gasteiger partial charge in [0, 0.05) is 30.4 Å². The number of hydrogen-bond donors (Lipinski definition) is 1. The number of thiocarbonyl (C=S) groups is 1. The first-order valence-electron chi connectivity index (χ1n) is 6.31. The first kappa shape index (κ1) is 13.3. The van der Waals surface area contributed by atoms with Gasteiger partial charge in [0.1, 0.15) is 4.99 Å². The topological polar surface area (TPSA) is 32.5 Å². The fraction of sp³-hybridized carbons (Fsp3) is 0.500. The van der Waals surface area contributed by atoms with Crippen molar-refractivity contribution in [3.8, 4) is 0 Å². The number of hydrogen-bond acceptors (Lipinski definition) is 3. The van der Waals surface area contributed by atoms with Crippen LogP contribution in [0.4, 0.5) is 5.69 Å². The molecule has 1 fully saturated rings. The molecule has 1 aromatic carbocycles. The molecule has 0 amide bonds. The van der Waals surface area contributed by atoms with Crippen molar-refractivity contribution in [1.29, 1.82) is 0 Å². The summed E-state index contributed by atoms with van der Waals surface area (Å²) in [6, 6.07) is 8.74. The number of anilines is 1. The quantitative estimate of drug-likeness (QED) is 0.842. The molecule has 0 bridgehead atoms. The summed E-state index contributed by atoms with van der Waals surface area (Å²) in [6.07, 6.45) is 0. The predicted molar refractivity (Wildman–Crippen MR) is 81.2 cm³/mol. The summed E-state index contributed by atoms with van der Waals surface area (Å²) >= 11 is 5.14. The largest absolute Gasteiger partial charge is 0.389 e. The minimum absolute atomic E-state index is 0.478. The van der Waals surface area contributed by atoms with E-state index in [-0.39, 0.29) is 0 Å². The highest BCUT2D eigenvalue weighted by Crippen LogP contribution is 2.28. The molecule has 4 heteroatoms. The summed E-state index contributed by atoms with van der Waals surface area (Å²) in [5.74, 6) is 0.652. The molecular formula is C14H21N3S. The van der Waals surface area contributed by atoms with Crippen molar-refractivity contribution in [3.63, 3.8) is 0 Å². The molecule has 1 heterocycles. The molecule has 98 valence electrons. The molecule has 2 rings (SSSR count). The summed E-state index contributed by atoms with van der Waals surface area (Å²) in [5, 5.41) is 0. The van der Waals surface area contributed by atoms with E-state index in [2.05, 4.69) is 36.9 Å². The Kier molecular flexibility index (Phi) is 3.88. The first-order chi connectivity index (χ1) is 8.50. The number of para-hydroxylation sites is 1. The molecule has 0 radical (unpaired) electrons. The van der Waals surface area contributed by atoms with Gasteiger partial charge in [-0.05, 0) is 32.1 Å². The summed E-state index contributed by atoms with van der Waals surface area (Å²) in [4.78, 5) is 5.17. The molecule has 1 aromatic rings. The SMILES string of the molecule is CC1CN(c2ccccc2C(N)=S)CC1N(C)C. The molecule has 0 spiro atoms. The zero-order valence-electron chi connectivity index (χ0n) is 11.3. The highest BCUT2D eigenvalue weighted by Gasteiger charge is 2.31. The van der Waals surface area contributed by atoms with Gasteiger partial charge >= 0.3 is 0 Å². The van der Waals surface area contributed by atoms with Crippen molar-refractivity contribution in [2.75, 3.05) is 32.1 Å². The Bertz CT molecular complexity index is 444. The second-order valence-corrected chi connectivity index (χ2v) is 5.73. The Morgan fingerprint density at radius 1 is 1.33 bits per heavy atom. The van der Waals surface area contributed by atoms with Crippen LogP contribution in [-0.2, 0) is 0 Å². The minimum Gasteiger partial charge on any atom is -0.389 e. The lowest BCUT2D eigenvalue weighted by Crippen LogP contribution is -2.34. The summed E-state index contributed by atoms with van der Waals surface area (Å²) in [5.41, 5.74) is 7.96. The third kappa shape index (κ3) is 2.49. The standard InChI is InChI=1S/C14H21N3S/c1-10-8-17(9-13(10)16(2)3)12-7-5-4-6-11(12)14(15)18/h4-7,10,13H,8-9H2,1-3H3,(H2,15,18). The number of nitrogens with zero attached hydrogens (tertiary/aromatic N) is 2. The first-order valence-corrected chi connectivity index (χ1v) is 6.71. The van der Waals surface area contributed by atoms with E-state index in [9.17, 15) is 0 Å². The number of benzene rings is 1. The van der Waals surface area contributed by atoms with E-state index < -0.39 is 0 Å². The Morgan fingerprint density at radius 3 is 2.56 bits per heavy atom. The van der Waals surface area contributed by atoms with Gasteiger partial charge in [-0.3, -0.25) is 0 Å². The second kappa shape index (κ2) is 5.24. The van der Waals surface area contributed by atoms with Gasteiger partial charge in [0.05, 0.1) is 0 Å². The number of nitrogens with two attached hydrogens (primary N) is 1. The summed E-state index contributed by atoms with van der Waals surface area (Å²) < 4.78 is 0. The fourth-order valence-corrected chi connectivity index (χ4v) is 2.95. The van der Waals surface area contributed by atoms with E-state index in [1.165, 1.54) is 5.69 Å². The van der Waals surface area contributed by atoms with E-state index in [0.717, 1.165) is 18.7 Å². The van der Waals surface area contributed by atoms with Gasteiger partial charge in [-0.15, -0.1) is 0 Å². The van der Waals surface area contributed by atoms with E-state index in [0.29, 0.717) is 16.9 Å². The number of rotatable bonds is 3. The average Bonchev–Trinajstić information content (AvgIpc) is 2.71. The van der Waals surface area contributed by atoms with Crippen molar-refractivity contribution in [3.05, 3.63) is 29.8 Å². The third-order valence-electron chi connectivity index (χ3n) is 3.75. The van der Waals surface area contributed by atoms with E-state index >= 15 is 0 Å². The molecule has 18 heavy (non-hydrogen) atoms. The van der Waals surface area contributed by atoms with Gasteiger partial charge in [-0.2, -0.15) is 0 Å². The molecule has 3 nitrogen and oxygen atoms in total. The highest BCUT2D eigenvalue weighted by atomic mass is 32.1. The van der Waals surface area contributed by atoms with Crippen molar-refractivity contribution >= 4 is 22.9 Å². The smallest absolute Gasteiger partial charge is 0.106 e. The van der Waals surface area contributed by atoms with E-state index in [1.807, 2.05) is 18.2 Å². The lowest BCUT2D eigenvalue weighted by Gasteiger charge is -2.24. The van der Waals surface area contributed by atoms with Crippen LogP contribution in [0.2, 0.25) is 0 Å². The summed E-state index contributed by atoms with van der Waals surface area (Å²) in [7, 11) is 4.29. The zero-order chi connectivity index (χ0) is 13.3. The molecule has 2 N–H and O–H groups in total. The van der Waals surface area contributed by atoms with Gasteiger partial charge < -0.3 is 15.5 Å². The molecule has 0 aromatic heterocycles. The van der Waals surface area contributed by atoms with Gasteiger partial charge in [0.25, 0.3) is 0 Å². The predicted octanol–water partition coefficient (Wildman–Crippen LogP) is 1.71. The highest BCUT2D eigenvalue weighted by molar-refractivity contribution is 7.80. The summed E-state index contributed by atoms with van der Waals surface area (Å²) in [6.45, 7) is 4.39. The molecule has 2 atom stereocenters. The lowest BCUT2D eigenvalue weighted by molar-refractivity contribution is 0.266. The Morgan fingerprint density at radius 2 is 2.00 bits per heavy atom. The van der Waals surface area contributed by atoms with Gasteiger partial charge in [-0.25, -0.2) is 0 Å². The Balaban J connectivity index is 2.26. The molecule has 1 aliphatic rings. The molecule has 1 saturated heterocycles.